The molecule has 1 fully saturated rings. The van der Waals surface area contributed by atoms with Crippen molar-refractivity contribution in [3.63, 3.8) is 0 Å². The number of para-hydroxylation sites is 1. The molecular formula is C18H16F3N3O2. The molecule has 0 aliphatic carbocycles. The largest absolute Gasteiger partial charge is 0.416 e. The number of nitrogens with zero attached hydrogens (tertiary/aromatic N) is 2. The van der Waals surface area contributed by atoms with Gasteiger partial charge in [-0.15, -0.1) is 0 Å². The van der Waals surface area contributed by atoms with Gasteiger partial charge in [0.05, 0.1) is 5.56 Å². The zero-order valence-corrected chi connectivity index (χ0v) is 13.7. The first-order chi connectivity index (χ1) is 12.3. The third kappa shape index (κ3) is 3.96. The van der Waals surface area contributed by atoms with E-state index in [2.05, 4.69) is 5.32 Å². The highest BCUT2D eigenvalue weighted by molar-refractivity contribution is 5.99. The Balaban J connectivity index is 1.58. The smallest absolute Gasteiger partial charge is 0.325 e. The van der Waals surface area contributed by atoms with Crippen LogP contribution in [0.5, 0.6) is 0 Å². The number of hydrogen-bond acceptors (Lipinski definition) is 2. The van der Waals surface area contributed by atoms with E-state index < -0.39 is 17.6 Å². The first kappa shape index (κ1) is 17.8. The number of alkyl halides is 3. The lowest BCUT2D eigenvalue weighted by atomic mass is 10.2. The molecule has 0 aromatic heterocycles. The molecule has 3 amide bonds. The summed E-state index contributed by atoms with van der Waals surface area (Å²) in [6.45, 7) is 0.702. The van der Waals surface area contributed by atoms with Crippen molar-refractivity contribution in [2.24, 2.45) is 0 Å². The van der Waals surface area contributed by atoms with Crippen LogP contribution < -0.4 is 10.2 Å². The second-order valence-electron chi connectivity index (χ2n) is 5.81. The number of urea groups is 1. The predicted molar refractivity (Wildman–Crippen MR) is 90.8 cm³/mol. The highest BCUT2D eigenvalue weighted by Crippen LogP contribution is 2.29. The number of amides is 3. The fraction of sp³-hybridized carbons (Fsp3) is 0.222. The molecule has 0 radical (unpaired) electrons. The molecule has 2 aromatic carbocycles. The average molecular weight is 363 g/mol. The molecule has 136 valence electrons. The number of benzene rings is 2. The van der Waals surface area contributed by atoms with E-state index in [9.17, 15) is 22.8 Å². The highest BCUT2D eigenvalue weighted by Gasteiger charge is 2.31. The topological polar surface area (TPSA) is 52.7 Å². The van der Waals surface area contributed by atoms with Gasteiger partial charge in [0.25, 0.3) is 0 Å². The van der Waals surface area contributed by atoms with Gasteiger partial charge in [0.1, 0.15) is 6.54 Å². The van der Waals surface area contributed by atoms with Gasteiger partial charge in [0.15, 0.2) is 0 Å². The van der Waals surface area contributed by atoms with Crippen molar-refractivity contribution in [1.29, 1.82) is 0 Å². The van der Waals surface area contributed by atoms with Gasteiger partial charge in [-0.2, -0.15) is 13.2 Å². The molecule has 5 nitrogen and oxygen atoms in total. The van der Waals surface area contributed by atoms with Gasteiger partial charge < -0.3 is 10.2 Å². The van der Waals surface area contributed by atoms with Crippen LogP contribution in [0.25, 0.3) is 0 Å². The lowest BCUT2D eigenvalue weighted by molar-refractivity contribution is -0.137. The van der Waals surface area contributed by atoms with Crippen LogP contribution in [-0.4, -0.2) is 36.5 Å². The Labute approximate surface area is 148 Å². The molecular weight excluding hydrogens is 347 g/mol. The highest BCUT2D eigenvalue weighted by atomic mass is 19.4. The molecule has 0 saturated carbocycles. The van der Waals surface area contributed by atoms with Gasteiger partial charge in [0, 0.05) is 24.5 Å². The SMILES string of the molecule is O=C(CN1CCN(c2ccccc2)C1=O)Nc1ccc(C(F)(F)F)cc1. The number of nitrogens with one attached hydrogen (secondary N) is 1. The maximum absolute atomic E-state index is 12.5. The molecule has 8 heteroatoms. The minimum absolute atomic E-state index is 0.164. The van der Waals surface area contributed by atoms with Gasteiger partial charge in [-0.1, -0.05) is 18.2 Å². The Morgan fingerprint density at radius 1 is 1.00 bits per heavy atom. The molecule has 1 aliphatic rings. The van der Waals surface area contributed by atoms with Crippen LogP contribution in [0.2, 0.25) is 0 Å². The van der Waals surface area contributed by atoms with Gasteiger partial charge in [-0.05, 0) is 36.4 Å². The maximum Gasteiger partial charge on any atom is 0.416 e. The van der Waals surface area contributed by atoms with Crippen molar-refractivity contribution in [3.8, 4) is 0 Å². The monoisotopic (exact) mass is 363 g/mol. The fourth-order valence-corrected chi connectivity index (χ4v) is 2.69. The Bertz CT molecular complexity index is 792. The molecule has 0 bridgehead atoms. The Kier molecular flexibility index (Phi) is 4.83. The number of halogens is 3. The van der Waals surface area contributed by atoms with Crippen molar-refractivity contribution in [2.45, 2.75) is 6.18 Å². The summed E-state index contributed by atoms with van der Waals surface area (Å²) in [7, 11) is 0. The van der Waals surface area contributed by atoms with Crippen molar-refractivity contribution in [2.75, 3.05) is 29.9 Å². The summed E-state index contributed by atoms with van der Waals surface area (Å²) < 4.78 is 37.6. The van der Waals surface area contributed by atoms with E-state index in [0.717, 1.165) is 17.8 Å². The molecule has 0 unspecified atom stereocenters. The molecule has 0 spiro atoms. The van der Waals surface area contributed by atoms with Gasteiger partial charge in [0.2, 0.25) is 5.91 Å². The van der Waals surface area contributed by atoms with Crippen LogP contribution in [-0.2, 0) is 11.0 Å². The van der Waals surface area contributed by atoms with Gasteiger partial charge in [-0.3, -0.25) is 9.69 Å². The first-order valence-electron chi connectivity index (χ1n) is 7.93. The number of carbonyl (C=O) groups excluding carboxylic acids is 2. The number of rotatable bonds is 4. The molecule has 3 rings (SSSR count). The molecule has 1 heterocycles. The summed E-state index contributed by atoms with van der Waals surface area (Å²) in [6, 6.07) is 13.0. The third-order valence-electron chi connectivity index (χ3n) is 3.99. The van der Waals surface area contributed by atoms with Crippen LogP contribution in [0.1, 0.15) is 5.56 Å². The standard InChI is InChI=1S/C18H16F3N3O2/c19-18(20,21)13-6-8-14(9-7-13)22-16(25)12-23-10-11-24(17(23)26)15-4-2-1-3-5-15/h1-9H,10-12H2,(H,22,25). The van der Waals surface area contributed by atoms with E-state index in [0.29, 0.717) is 13.1 Å². The quantitative estimate of drug-likeness (QED) is 0.903. The summed E-state index contributed by atoms with van der Waals surface area (Å²) in [4.78, 5) is 27.5. The van der Waals surface area contributed by atoms with Crippen LogP contribution in [0.4, 0.5) is 29.3 Å². The van der Waals surface area contributed by atoms with Crippen molar-refractivity contribution in [1.82, 2.24) is 4.90 Å². The molecule has 1 N–H and O–H groups in total. The van der Waals surface area contributed by atoms with Gasteiger partial charge >= 0.3 is 12.2 Å². The second kappa shape index (κ2) is 7.07. The summed E-state index contributed by atoms with van der Waals surface area (Å²) in [6.07, 6.45) is -4.43. The second-order valence-corrected chi connectivity index (χ2v) is 5.81. The van der Waals surface area contributed by atoms with E-state index in [1.54, 1.807) is 4.90 Å². The van der Waals surface area contributed by atoms with Crippen LogP contribution in [0.15, 0.2) is 54.6 Å². The summed E-state index contributed by atoms with van der Waals surface area (Å²) in [5.74, 6) is -0.465. The molecule has 1 saturated heterocycles. The molecule has 2 aromatic rings. The van der Waals surface area contributed by atoms with E-state index in [1.807, 2.05) is 30.3 Å². The summed E-state index contributed by atoms with van der Waals surface area (Å²) >= 11 is 0. The Morgan fingerprint density at radius 2 is 1.65 bits per heavy atom. The predicted octanol–water partition coefficient (Wildman–Crippen LogP) is 3.59. The first-order valence-corrected chi connectivity index (χ1v) is 7.93. The van der Waals surface area contributed by atoms with E-state index in [-0.39, 0.29) is 18.3 Å². The molecule has 26 heavy (non-hydrogen) atoms. The van der Waals surface area contributed by atoms with Crippen molar-refractivity contribution >= 4 is 23.3 Å². The average Bonchev–Trinajstić information content (AvgIpc) is 2.96. The normalized spacial score (nSPS) is 14.7. The van der Waals surface area contributed by atoms with E-state index in [4.69, 9.17) is 0 Å². The van der Waals surface area contributed by atoms with E-state index in [1.165, 1.54) is 17.0 Å². The van der Waals surface area contributed by atoms with Crippen molar-refractivity contribution < 1.29 is 22.8 Å². The molecule has 1 aliphatic heterocycles. The number of anilines is 2. The minimum atomic E-state index is -4.43. The Morgan fingerprint density at radius 3 is 2.27 bits per heavy atom. The lowest BCUT2D eigenvalue weighted by Gasteiger charge is -2.18. The number of hydrogen-bond donors (Lipinski definition) is 1. The zero-order chi connectivity index (χ0) is 18.7. The van der Waals surface area contributed by atoms with Crippen LogP contribution in [0.3, 0.4) is 0 Å². The summed E-state index contributed by atoms with van der Waals surface area (Å²) in [5, 5.41) is 2.50. The van der Waals surface area contributed by atoms with E-state index >= 15 is 0 Å². The lowest BCUT2D eigenvalue weighted by Crippen LogP contribution is -2.37. The molecule has 0 atom stereocenters. The van der Waals surface area contributed by atoms with Crippen LogP contribution in [0, 0.1) is 0 Å². The number of carbonyl (C=O) groups is 2. The minimum Gasteiger partial charge on any atom is -0.325 e. The van der Waals surface area contributed by atoms with Crippen molar-refractivity contribution in [3.05, 3.63) is 60.2 Å². The zero-order valence-electron chi connectivity index (χ0n) is 13.7. The summed E-state index contributed by atoms with van der Waals surface area (Å²) in [5.41, 5.74) is 0.210. The fourth-order valence-electron chi connectivity index (χ4n) is 2.69. The third-order valence-corrected chi connectivity index (χ3v) is 3.99. The van der Waals surface area contributed by atoms with Crippen LogP contribution >= 0.6 is 0 Å². The Hall–Kier alpha value is -3.03. The van der Waals surface area contributed by atoms with Gasteiger partial charge in [-0.25, -0.2) is 4.79 Å². The maximum atomic E-state index is 12.5.